The van der Waals surface area contributed by atoms with Gasteiger partial charge in [0.25, 0.3) is 0 Å². The quantitative estimate of drug-likeness (QED) is 0.569. The molecule has 1 aromatic carbocycles. The van der Waals surface area contributed by atoms with E-state index in [1.54, 1.807) is 0 Å². The van der Waals surface area contributed by atoms with Gasteiger partial charge in [-0.05, 0) is 18.4 Å². The summed E-state index contributed by atoms with van der Waals surface area (Å²) >= 11 is 0. The van der Waals surface area contributed by atoms with Gasteiger partial charge >= 0.3 is 0 Å². The maximum atomic E-state index is 13.1. The minimum atomic E-state index is -0.00851. The van der Waals surface area contributed by atoms with E-state index < -0.39 is 0 Å². The van der Waals surface area contributed by atoms with Crippen LogP contribution in [0.2, 0.25) is 0 Å². The van der Waals surface area contributed by atoms with E-state index >= 15 is 0 Å². The maximum absolute atomic E-state index is 13.1. The molecule has 3 nitrogen and oxygen atoms in total. The highest BCUT2D eigenvalue weighted by Crippen LogP contribution is 2.39. The van der Waals surface area contributed by atoms with Crippen LogP contribution in [-0.2, 0) is 10.2 Å². The maximum Gasteiger partial charge on any atom is 0.223 e. The third-order valence-corrected chi connectivity index (χ3v) is 5.49. The van der Waals surface area contributed by atoms with E-state index in [9.17, 15) is 4.79 Å². The lowest BCUT2D eigenvalue weighted by molar-refractivity contribution is -0.858. The van der Waals surface area contributed by atoms with E-state index in [1.165, 1.54) is 36.1 Å². The van der Waals surface area contributed by atoms with Crippen molar-refractivity contribution in [1.29, 1.82) is 0 Å². The number of amides is 1. The van der Waals surface area contributed by atoms with E-state index in [4.69, 9.17) is 0 Å². The Morgan fingerprint density at radius 1 is 1.00 bits per heavy atom. The fourth-order valence-electron chi connectivity index (χ4n) is 3.73. The van der Waals surface area contributed by atoms with Gasteiger partial charge in [-0.2, -0.15) is 0 Å². The van der Waals surface area contributed by atoms with Crippen molar-refractivity contribution in [2.45, 2.75) is 70.6 Å². The van der Waals surface area contributed by atoms with Crippen LogP contribution < -0.4 is 4.90 Å². The van der Waals surface area contributed by atoms with Gasteiger partial charge in [0, 0.05) is 31.8 Å². The average molecular weight is 362 g/mol. The van der Waals surface area contributed by atoms with Crippen molar-refractivity contribution < 1.29 is 9.69 Å². The molecule has 0 aromatic heterocycles. The van der Waals surface area contributed by atoms with Gasteiger partial charge in [-0.3, -0.25) is 4.79 Å². The SMILES string of the molecule is CCCCC(CCCC)(CC(=O)N(C)CCC[NH+](C)C)c1ccccc1. The van der Waals surface area contributed by atoms with Gasteiger partial charge in [-0.1, -0.05) is 69.9 Å². The zero-order valence-corrected chi connectivity index (χ0v) is 17.8. The van der Waals surface area contributed by atoms with Crippen LogP contribution in [0.3, 0.4) is 0 Å². The molecular formula is C23H41N2O+. The van der Waals surface area contributed by atoms with Gasteiger partial charge in [0.1, 0.15) is 0 Å². The van der Waals surface area contributed by atoms with Gasteiger partial charge < -0.3 is 9.80 Å². The number of carbonyl (C=O) groups excluding carboxylic acids is 1. The van der Waals surface area contributed by atoms with E-state index in [0.29, 0.717) is 12.3 Å². The first-order valence-corrected chi connectivity index (χ1v) is 10.5. The second kappa shape index (κ2) is 12.1. The first kappa shape index (κ1) is 22.7. The predicted octanol–water partition coefficient (Wildman–Crippen LogP) is 3.69. The lowest BCUT2D eigenvalue weighted by atomic mass is 9.70. The molecule has 0 spiro atoms. The van der Waals surface area contributed by atoms with Gasteiger partial charge in [-0.15, -0.1) is 0 Å². The Kier molecular flexibility index (Phi) is 10.6. The smallest absolute Gasteiger partial charge is 0.223 e. The molecule has 0 bridgehead atoms. The monoisotopic (exact) mass is 361 g/mol. The van der Waals surface area contributed by atoms with Crippen molar-refractivity contribution in [3.05, 3.63) is 35.9 Å². The Bertz CT molecular complexity index is 490. The zero-order chi connectivity index (χ0) is 19.4. The molecule has 148 valence electrons. The molecule has 26 heavy (non-hydrogen) atoms. The van der Waals surface area contributed by atoms with Crippen molar-refractivity contribution >= 4 is 5.91 Å². The summed E-state index contributed by atoms with van der Waals surface area (Å²) in [6.45, 7) is 6.45. The summed E-state index contributed by atoms with van der Waals surface area (Å²) in [6.07, 6.45) is 8.63. The Morgan fingerprint density at radius 3 is 2.08 bits per heavy atom. The van der Waals surface area contributed by atoms with Crippen LogP contribution in [-0.4, -0.2) is 45.0 Å². The second-order valence-corrected chi connectivity index (χ2v) is 8.16. The average Bonchev–Trinajstić information content (AvgIpc) is 2.64. The Hall–Kier alpha value is -1.35. The lowest BCUT2D eigenvalue weighted by Gasteiger charge is -2.36. The fraction of sp³-hybridized carbons (Fsp3) is 0.696. The minimum Gasteiger partial charge on any atom is -0.346 e. The molecule has 0 saturated heterocycles. The Morgan fingerprint density at radius 2 is 1.58 bits per heavy atom. The third-order valence-electron chi connectivity index (χ3n) is 5.49. The molecule has 1 N–H and O–H groups in total. The van der Waals surface area contributed by atoms with Crippen LogP contribution in [0.4, 0.5) is 0 Å². The minimum absolute atomic E-state index is 0.00851. The molecule has 0 heterocycles. The molecular weight excluding hydrogens is 320 g/mol. The summed E-state index contributed by atoms with van der Waals surface area (Å²) in [5, 5.41) is 0. The summed E-state index contributed by atoms with van der Waals surface area (Å²) in [7, 11) is 6.30. The lowest BCUT2D eigenvalue weighted by Crippen LogP contribution is -3.05. The highest BCUT2D eigenvalue weighted by atomic mass is 16.2. The zero-order valence-electron chi connectivity index (χ0n) is 17.8. The van der Waals surface area contributed by atoms with E-state index in [0.717, 1.165) is 32.4 Å². The largest absolute Gasteiger partial charge is 0.346 e. The summed E-state index contributed by atoms with van der Waals surface area (Å²) < 4.78 is 0. The van der Waals surface area contributed by atoms with Crippen LogP contribution in [0.5, 0.6) is 0 Å². The topological polar surface area (TPSA) is 24.8 Å². The predicted molar refractivity (Wildman–Crippen MR) is 112 cm³/mol. The molecule has 0 unspecified atom stereocenters. The molecule has 0 radical (unpaired) electrons. The van der Waals surface area contributed by atoms with Crippen molar-refractivity contribution in [2.75, 3.05) is 34.2 Å². The number of unbranched alkanes of at least 4 members (excludes halogenated alkanes) is 2. The molecule has 1 rings (SSSR count). The normalized spacial score (nSPS) is 11.8. The van der Waals surface area contributed by atoms with Gasteiger partial charge in [0.2, 0.25) is 5.91 Å². The molecule has 0 aliphatic carbocycles. The van der Waals surface area contributed by atoms with Crippen molar-refractivity contribution in [2.24, 2.45) is 0 Å². The number of quaternary nitrogens is 1. The highest BCUT2D eigenvalue weighted by Gasteiger charge is 2.34. The highest BCUT2D eigenvalue weighted by molar-refractivity contribution is 5.77. The van der Waals surface area contributed by atoms with E-state index in [1.807, 2.05) is 11.9 Å². The number of carbonyl (C=O) groups is 1. The number of nitrogens with one attached hydrogen (secondary N) is 1. The first-order valence-electron chi connectivity index (χ1n) is 10.5. The van der Waals surface area contributed by atoms with Crippen molar-refractivity contribution in [3.8, 4) is 0 Å². The molecule has 0 aliphatic heterocycles. The Balaban J connectivity index is 2.93. The van der Waals surface area contributed by atoms with Crippen LogP contribution in [0.15, 0.2) is 30.3 Å². The van der Waals surface area contributed by atoms with Crippen LogP contribution in [0, 0.1) is 0 Å². The molecule has 0 atom stereocenters. The van der Waals surface area contributed by atoms with E-state index in [-0.39, 0.29) is 5.41 Å². The number of benzene rings is 1. The molecule has 0 fully saturated rings. The standard InChI is InChI=1S/C23H40N2O/c1-6-8-16-23(17-9-7-2,21-14-11-10-12-15-21)20-22(26)25(5)19-13-18-24(3)4/h10-12,14-15H,6-9,13,16-20H2,1-5H3/p+1. The molecule has 1 aromatic rings. The number of rotatable bonds is 13. The van der Waals surface area contributed by atoms with E-state index in [2.05, 4.69) is 58.3 Å². The van der Waals surface area contributed by atoms with Crippen molar-refractivity contribution in [3.63, 3.8) is 0 Å². The van der Waals surface area contributed by atoms with Crippen LogP contribution in [0.1, 0.15) is 70.8 Å². The summed E-state index contributed by atoms with van der Waals surface area (Å²) in [5.74, 6) is 0.301. The van der Waals surface area contributed by atoms with Gasteiger partial charge in [0.05, 0.1) is 20.6 Å². The summed E-state index contributed by atoms with van der Waals surface area (Å²) in [4.78, 5) is 16.5. The number of nitrogens with zero attached hydrogens (tertiary/aromatic N) is 1. The Labute approximate surface area is 161 Å². The number of hydrogen-bond donors (Lipinski definition) is 1. The van der Waals surface area contributed by atoms with Crippen LogP contribution >= 0.6 is 0 Å². The van der Waals surface area contributed by atoms with Crippen LogP contribution in [0.25, 0.3) is 0 Å². The summed E-state index contributed by atoms with van der Waals surface area (Å²) in [5.41, 5.74) is 1.34. The second-order valence-electron chi connectivity index (χ2n) is 8.16. The first-order chi connectivity index (χ1) is 12.4. The van der Waals surface area contributed by atoms with Crippen molar-refractivity contribution in [1.82, 2.24) is 4.90 Å². The molecule has 0 saturated carbocycles. The molecule has 1 amide bonds. The van der Waals surface area contributed by atoms with Gasteiger partial charge in [-0.25, -0.2) is 0 Å². The van der Waals surface area contributed by atoms with Gasteiger partial charge in [0.15, 0.2) is 0 Å². The number of hydrogen-bond acceptors (Lipinski definition) is 1. The fourth-order valence-corrected chi connectivity index (χ4v) is 3.73. The molecule has 0 aliphatic rings. The third kappa shape index (κ3) is 7.49. The molecule has 3 heteroatoms. The summed E-state index contributed by atoms with van der Waals surface area (Å²) in [6, 6.07) is 10.8.